The Balaban J connectivity index is 2.22. The fraction of sp³-hybridized carbons (Fsp3) is 0.471. The Kier molecular flexibility index (Phi) is 3.08. The van der Waals surface area contributed by atoms with Crippen LogP contribution in [0.4, 0.5) is 5.82 Å². The highest BCUT2D eigenvalue weighted by atomic mass is 15.2. The first-order valence-electron chi connectivity index (χ1n) is 7.45. The average Bonchev–Trinajstić information content (AvgIpc) is 3.15. The number of rotatable bonds is 3. The number of hydrogen-bond donors (Lipinski definition) is 1. The molecule has 1 saturated carbocycles. The first-order chi connectivity index (χ1) is 9.50. The van der Waals surface area contributed by atoms with Gasteiger partial charge in [0.05, 0.1) is 0 Å². The molecule has 3 rings (SSSR count). The summed E-state index contributed by atoms with van der Waals surface area (Å²) in [6.45, 7) is 8.62. The Labute approximate surface area is 120 Å². The predicted molar refractivity (Wildman–Crippen MR) is 83.9 cm³/mol. The number of aryl methyl sites for hydroxylation is 2. The molecule has 3 nitrogen and oxygen atoms in total. The van der Waals surface area contributed by atoms with Gasteiger partial charge in [-0.2, -0.15) is 0 Å². The van der Waals surface area contributed by atoms with Crippen LogP contribution in [0.1, 0.15) is 55.6 Å². The second-order valence-corrected chi connectivity index (χ2v) is 6.21. The minimum absolute atomic E-state index is 0.358. The van der Waals surface area contributed by atoms with Crippen LogP contribution in [0.3, 0.4) is 0 Å². The normalized spacial score (nSPS) is 15.1. The van der Waals surface area contributed by atoms with Crippen molar-refractivity contribution in [2.24, 2.45) is 0 Å². The van der Waals surface area contributed by atoms with Crippen LogP contribution in [0.2, 0.25) is 0 Å². The Bertz CT molecular complexity index is 628. The van der Waals surface area contributed by atoms with E-state index in [2.05, 4.69) is 50.5 Å². The van der Waals surface area contributed by atoms with E-state index in [1.54, 1.807) is 0 Å². The van der Waals surface area contributed by atoms with Gasteiger partial charge in [0.2, 0.25) is 0 Å². The second-order valence-electron chi connectivity index (χ2n) is 6.21. The van der Waals surface area contributed by atoms with Crippen molar-refractivity contribution in [3.63, 3.8) is 0 Å². The van der Waals surface area contributed by atoms with Crippen LogP contribution in [0.25, 0.3) is 11.3 Å². The minimum atomic E-state index is 0.358. The van der Waals surface area contributed by atoms with Crippen molar-refractivity contribution in [1.82, 2.24) is 9.55 Å². The standard InChI is InChI=1S/C17H23N3/c1-10(2)20-16(18)15(19-17(20)13-8-9-13)14-11(3)6-5-7-12(14)4/h5-7,10,13H,8-9,18H2,1-4H3. The van der Waals surface area contributed by atoms with Gasteiger partial charge in [0, 0.05) is 17.5 Å². The lowest BCUT2D eigenvalue weighted by Crippen LogP contribution is -2.09. The van der Waals surface area contributed by atoms with Crippen molar-refractivity contribution in [2.45, 2.75) is 52.5 Å². The van der Waals surface area contributed by atoms with Crippen molar-refractivity contribution in [3.05, 3.63) is 35.2 Å². The molecule has 1 aromatic heterocycles. The number of imidazole rings is 1. The summed E-state index contributed by atoms with van der Waals surface area (Å²) in [5.74, 6) is 2.60. The molecule has 0 spiro atoms. The zero-order chi connectivity index (χ0) is 14.4. The molecule has 1 heterocycles. The van der Waals surface area contributed by atoms with Crippen molar-refractivity contribution >= 4 is 5.82 Å². The molecule has 2 aromatic rings. The van der Waals surface area contributed by atoms with E-state index in [4.69, 9.17) is 10.7 Å². The molecule has 0 saturated heterocycles. The number of anilines is 1. The molecule has 0 bridgehead atoms. The smallest absolute Gasteiger partial charge is 0.132 e. The van der Waals surface area contributed by atoms with Crippen molar-refractivity contribution < 1.29 is 0 Å². The van der Waals surface area contributed by atoms with Crippen LogP contribution in [0.5, 0.6) is 0 Å². The van der Waals surface area contributed by atoms with Gasteiger partial charge in [0.25, 0.3) is 0 Å². The highest BCUT2D eigenvalue weighted by molar-refractivity contribution is 5.76. The van der Waals surface area contributed by atoms with E-state index in [0.29, 0.717) is 12.0 Å². The van der Waals surface area contributed by atoms with E-state index >= 15 is 0 Å². The van der Waals surface area contributed by atoms with E-state index in [1.807, 2.05) is 0 Å². The van der Waals surface area contributed by atoms with Crippen LogP contribution in [-0.2, 0) is 0 Å². The monoisotopic (exact) mass is 269 g/mol. The van der Waals surface area contributed by atoms with Gasteiger partial charge in [-0.15, -0.1) is 0 Å². The first-order valence-corrected chi connectivity index (χ1v) is 7.45. The Morgan fingerprint density at radius 1 is 1.20 bits per heavy atom. The third kappa shape index (κ3) is 2.01. The van der Waals surface area contributed by atoms with Crippen LogP contribution in [-0.4, -0.2) is 9.55 Å². The molecule has 1 aliphatic rings. The first kappa shape index (κ1) is 13.2. The van der Waals surface area contributed by atoms with Crippen LogP contribution >= 0.6 is 0 Å². The van der Waals surface area contributed by atoms with Crippen molar-refractivity contribution in [2.75, 3.05) is 5.73 Å². The van der Waals surface area contributed by atoms with Gasteiger partial charge in [-0.3, -0.25) is 0 Å². The fourth-order valence-electron chi connectivity index (χ4n) is 3.01. The number of aromatic nitrogens is 2. The highest BCUT2D eigenvalue weighted by Gasteiger charge is 2.32. The van der Waals surface area contributed by atoms with E-state index in [1.165, 1.54) is 35.4 Å². The lowest BCUT2D eigenvalue weighted by molar-refractivity contribution is 0.576. The maximum Gasteiger partial charge on any atom is 0.132 e. The topological polar surface area (TPSA) is 43.8 Å². The number of nitrogens with two attached hydrogens (primary N) is 1. The van der Waals surface area contributed by atoms with Crippen LogP contribution < -0.4 is 5.73 Å². The summed E-state index contributed by atoms with van der Waals surface area (Å²) >= 11 is 0. The molecule has 0 aliphatic heterocycles. The predicted octanol–water partition coefficient (Wildman–Crippen LogP) is 4.21. The van der Waals surface area contributed by atoms with Crippen molar-refractivity contribution in [3.8, 4) is 11.3 Å². The van der Waals surface area contributed by atoms with Crippen molar-refractivity contribution in [1.29, 1.82) is 0 Å². The summed E-state index contributed by atoms with van der Waals surface area (Å²) in [5.41, 5.74) is 11.1. The molecule has 0 unspecified atom stereocenters. The summed E-state index contributed by atoms with van der Waals surface area (Å²) in [6, 6.07) is 6.71. The minimum Gasteiger partial charge on any atom is -0.383 e. The average molecular weight is 269 g/mol. The third-order valence-electron chi connectivity index (χ3n) is 4.15. The summed E-state index contributed by atoms with van der Waals surface area (Å²) in [6.07, 6.45) is 2.49. The van der Waals surface area contributed by atoms with E-state index < -0.39 is 0 Å². The van der Waals surface area contributed by atoms with Gasteiger partial charge in [-0.05, 0) is 51.7 Å². The van der Waals surface area contributed by atoms with Gasteiger partial charge < -0.3 is 10.3 Å². The number of hydrogen-bond acceptors (Lipinski definition) is 2. The molecular formula is C17H23N3. The Hall–Kier alpha value is -1.77. The largest absolute Gasteiger partial charge is 0.383 e. The Morgan fingerprint density at radius 2 is 1.80 bits per heavy atom. The molecule has 1 aromatic carbocycles. The molecule has 1 fully saturated rings. The lowest BCUT2D eigenvalue weighted by atomic mass is 10.00. The van der Waals surface area contributed by atoms with Gasteiger partial charge >= 0.3 is 0 Å². The summed E-state index contributed by atoms with van der Waals surface area (Å²) in [5, 5.41) is 0. The summed E-state index contributed by atoms with van der Waals surface area (Å²) in [7, 11) is 0. The zero-order valence-corrected chi connectivity index (χ0v) is 12.8. The molecule has 20 heavy (non-hydrogen) atoms. The Morgan fingerprint density at radius 3 is 2.30 bits per heavy atom. The number of nitrogens with zero attached hydrogens (tertiary/aromatic N) is 2. The molecular weight excluding hydrogens is 246 g/mol. The molecule has 0 radical (unpaired) electrons. The molecule has 2 N–H and O–H groups in total. The van der Waals surface area contributed by atoms with Gasteiger partial charge in [-0.25, -0.2) is 4.98 Å². The van der Waals surface area contributed by atoms with Gasteiger partial charge in [0.15, 0.2) is 0 Å². The van der Waals surface area contributed by atoms with E-state index in [9.17, 15) is 0 Å². The summed E-state index contributed by atoms with van der Waals surface area (Å²) in [4.78, 5) is 4.92. The fourth-order valence-corrected chi connectivity index (χ4v) is 3.01. The molecule has 1 aliphatic carbocycles. The van der Waals surface area contributed by atoms with Gasteiger partial charge in [-0.1, -0.05) is 18.2 Å². The maximum absolute atomic E-state index is 6.44. The zero-order valence-electron chi connectivity index (χ0n) is 12.8. The van der Waals surface area contributed by atoms with E-state index in [0.717, 1.165) is 11.5 Å². The van der Waals surface area contributed by atoms with E-state index in [-0.39, 0.29) is 0 Å². The number of nitrogen functional groups attached to an aromatic ring is 1. The number of benzene rings is 1. The summed E-state index contributed by atoms with van der Waals surface area (Å²) < 4.78 is 2.22. The quantitative estimate of drug-likeness (QED) is 0.907. The molecule has 106 valence electrons. The SMILES string of the molecule is Cc1cccc(C)c1-c1nc(C2CC2)n(C(C)C)c1N. The second kappa shape index (κ2) is 4.65. The molecule has 0 amide bonds. The van der Waals surface area contributed by atoms with Crippen LogP contribution in [0.15, 0.2) is 18.2 Å². The lowest BCUT2D eigenvalue weighted by Gasteiger charge is -2.13. The third-order valence-corrected chi connectivity index (χ3v) is 4.15. The van der Waals surface area contributed by atoms with Crippen LogP contribution in [0, 0.1) is 13.8 Å². The maximum atomic E-state index is 6.44. The van der Waals surface area contributed by atoms with Gasteiger partial charge in [0.1, 0.15) is 17.3 Å². The highest BCUT2D eigenvalue weighted by Crippen LogP contribution is 2.44. The molecule has 0 atom stereocenters. The molecule has 3 heteroatoms.